The molecular formula is C17H36IN7. The average molecular weight is 465 g/mol. The molecule has 25 heavy (non-hydrogen) atoms. The Bertz CT molecular complexity index is 473. The number of unbranched alkanes of at least 4 members (excludes halogenated alkanes) is 1. The normalized spacial score (nSPS) is 11.7. The van der Waals surface area contributed by atoms with Crippen LogP contribution in [-0.2, 0) is 13.0 Å². The van der Waals surface area contributed by atoms with Gasteiger partial charge in [0.2, 0.25) is 0 Å². The summed E-state index contributed by atoms with van der Waals surface area (Å²) in [5.74, 6) is 1.91. The maximum atomic E-state index is 4.65. The number of hydrogen-bond acceptors (Lipinski definition) is 4. The van der Waals surface area contributed by atoms with E-state index >= 15 is 0 Å². The third kappa shape index (κ3) is 9.98. The van der Waals surface area contributed by atoms with Gasteiger partial charge in [-0.05, 0) is 47.2 Å². The molecule has 0 atom stereocenters. The summed E-state index contributed by atoms with van der Waals surface area (Å²) < 4.78 is 2.08. The summed E-state index contributed by atoms with van der Waals surface area (Å²) in [6.45, 7) is 13.1. The Balaban J connectivity index is 0.00000576. The second-order valence-corrected chi connectivity index (χ2v) is 6.26. The van der Waals surface area contributed by atoms with Gasteiger partial charge < -0.3 is 20.1 Å². The second-order valence-electron chi connectivity index (χ2n) is 6.26. The van der Waals surface area contributed by atoms with Crippen molar-refractivity contribution >= 4 is 29.9 Å². The van der Waals surface area contributed by atoms with Crippen LogP contribution in [0.2, 0.25) is 0 Å². The van der Waals surface area contributed by atoms with Crippen LogP contribution in [0.1, 0.15) is 46.4 Å². The van der Waals surface area contributed by atoms with E-state index in [2.05, 4.69) is 70.0 Å². The van der Waals surface area contributed by atoms with Crippen LogP contribution in [0.15, 0.2) is 11.3 Å². The fourth-order valence-electron chi connectivity index (χ4n) is 2.30. The topological polar surface area (TPSA) is 70.4 Å². The van der Waals surface area contributed by atoms with Crippen LogP contribution in [0.4, 0.5) is 0 Å². The Morgan fingerprint density at radius 1 is 1.28 bits per heavy atom. The van der Waals surface area contributed by atoms with E-state index in [-0.39, 0.29) is 24.0 Å². The molecule has 1 heterocycles. The number of nitrogens with zero attached hydrogens (tertiary/aromatic N) is 5. The first-order chi connectivity index (χ1) is 11.6. The summed E-state index contributed by atoms with van der Waals surface area (Å²) in [5, 5.41) is 14.7. The van der Waals surface area contributed by atoms with Crippen molar-refractivity contribution in [3.05, 3.63) is 12.2 Å². The molecule has 0 saturated carbocycles. The summed E-state index contributed by atoms with van der Waals surface area (Å²) in [5.41, 5.74) is 0. The molecule has 1 rings (SSSR count). The zero-order valence-electron chi connectivity index (χ0n) is 16.5. The molecule has 0 aliphatic carbocycles. The molecule has 1 aromatic heterocycles. The molecule has 0 radical (unpaired) electrons. The first-order valence-electron chi connectivity index (χ1n) is 9.17. The number of nitrogens with one attached hydrogen (secondary N) is 2. The summed E-state index contributed by atoms with van der Waals surface area (Å²) in [7, 11) is 2.18. The summed E-state index contributed by atoms with van der Waals surface area (Å²) >= 11 is 0. The average Bonchev–Trinajstić information content (AvgIpc) is 3.01. The number of aryl methyl sites for hydroxylation is 1. The number of hydrogen-bond donors (Lipinski definition) is 2. The van der Waals surface area contributed by atoms with E-state index in [0.29, 0.717) is 6.04 Å². The molecule has 0 aromatic carbocycles. The van der Waals surface area contributed by atoms with Gasteiger partial charge in [-0.25, -0.2) is 0 Å². The fourth-order valence-corrected chi connectivity index (χ4v) is 2.30. The highest BCUT2D eigenvalue weighted by Crippen LogP contribution is 1.98. The number of halogens is 1. The lowest BCUT2D eigenvalue weighted by molar-refractivity contribution is 0.269. The van der Waals surface area contributed by atoms with Crippen LogP contribution in [0.5, 0.6) is 0 Å². The zero-order valence-corrected chi connectivity index (χ0v) is 18.8. The Kier molecular flexibility index (Phi) is 13.8. The van der Waals surface area contributed by atoms with Crippen molar-refractivity contribution in [3.8, 4) is 0 Å². The highest BCUT2D eigenvalue weighted by atomic mass is 127. The number of aliphatic imine (C=N–C) groups is 1. The summed E-state index contributed by atoms with van der Waals surface area (Å²) in [6.07, 6.45) is 4.98. The fraction of sp³-hybridized carbons (Fsp3) is 0.824. The minimum absolute atomic E-state index is 0. The van der Waals surface area contributed by atoms with E-state index in [1.165, 1.54) is 6.42 Å². The van der Waals surface area contributed by atoms with Crippen LogP contribution in [0.3, 0.4) is 0 Å². The molecule has 146 valence electrons. The highest BCUT2D eigenvalue weighted by molar-refractivity contribution is 14.0. The molecule has 0 unspecified atom stereocenters. The van der Waals surface area contributed by atoms with Gasteiger partial charge in [0.1, 0.15) is 12.2 Å². The van der Waals surface area contributed by atoms with Crippen LogP contribution in [0, 0.1) is 0 Å². The van der Waals surface area contributed by atoms with Gasteiger partial charge in [0.05, 0.1) is 0 Å². The van der Waals surface area contributed by atoms with Crippen LogP contribution in [0.25, 0.3) is 0 Å². The van der Waals surface area contributed by atoms with Crippen molar-refractivity contribution in [1.29, 1.82) is 0 Å². The lowest BCUT2D eigenvalue weighted by Crippen LogP contribution is -2.39. The van der Waals surface area contributed by atoms with Crippen LogP contribution < -0.4 is 10.6 Å². The van der Waals surface area contributed by atoms with Gasteiger partial charge in [0.25, 0.3) is 0 Å². The molecule has 0 saturated heterocycles. The minimum atomic E-state index is 0. The predicted molar refractivity (Wildman–Crippen MR) is 116 cm³/mol. The third-order valence-corrected chi connectivity index (χ3v) is 4.07. The number of aromatic nitrogens is 3. The monoisotopic (exact) mass is 465 g/mol. The predicted octanol–water partition coefficient (Wildman–Crippen LogP) is 2.13. The first-order valence-corrected chi connectivity index (χ1v) is 9.17. The Labute approximate surface area is 170 Å². The van der Waals surface area contributed by atoms with Crippen molar-refractivity contribution in [2.45, 2.75) is 59.5 Å². The highest BCUT2D eigenvalue weighted by Gasteiger charge is 2.03. The summed E-state index contributed by atoms with van der Waals surface area (Å²) in [4.78, 5) is 7.02. The Morgan fingerprint density at radius 3 is 2.68 bits per heavy atom. The largest absolute Gasteiger partial charge is 0.357 e. The smallest absolute Gasteiger partial charge is 0.191 e. The van der Waals surface area contributed by atoms with E-state index < -0.39 is 0 Å². The van der Waals surface area contributed by atoms with Crippen molar-refractivity contribution in [1.82, 2.24) is 30.3 Å². The van der Waals surface area contributed by atoms with Gasteiger partial charge in [0, 0.05) is 38.6 Å². The zero-order chi connectivity index (χ0) is 17.8. The van der Waals surface area contributed by atoms with Gasteiger partial charge in [-0.1, -0.05) is 6.92 Å². The number of rotatable bonds is 11. The van der Waals surface area contributed by atoms with Crippen molar-refractivity contribution < 1.29 is 0 Å². The van der Waals surface area contributed by atoms with E-state index in [4.69, 9.17) is 0 Å². The number of guanidine groups is 1. The van der Waals surface area contributed by atoms with Gasteiger partial charge in [0.15, 0.2) is 5.96 Å². The van der Waals surface area contributed by atoms with Gasteiger partial charge in [-0.15, -0.1) is 34.2 Å². The van der Waals surface area contributed by atoms with Crippen molar-refractivity contribution in [2.24, 2.45) is 4.99 Å². The van der Waals surface area contributed by atoms with E-state index in [0.717, 1.165) is 57.3 Å². The maximum Gasteiger partial charge on any atom is 0.191 e. The lowest BCUT2D eigenvalue weighted by atomic mass is 10.2. The Hall–Kier alpha value is -0.900. The first kappa shape index (κ1) is 24.1. The van der Waals surface area contributed by atoms with Crippen LogP contribution in [-0.4, -0.2) is 64.9 Å². The van der Waals surface area contributed by atoms with E-state index in [1.54, 1.807) is 6.33 Å². The molecule has 0 aliphatic heterocycles. The van der Waals surface area contributed by atoms with E-state index in [9.17, 15) is 0 Å². The van der Waals surface area contributed by atoms with E-state index in [1.807, 2.05) is 0 Å². The van der Waals surface area contributed by atoms with Crippen molar-refractivity contribution in [3.63, 3.8) is 0 Å². The molecule has 0 aliphatic rings. The van der Waals surface area contributed by atoms with Gasteiger partial charge in [-0.3, -0.25) is 4.99 Å². The molecule has 0 fully saturated rings. The second kappa shape index (κ2) is 14.3. The molecule has 7 nitrogen and oxygen atoms in total. The molecule has 0 amide bonds. The quantitative estimate of drug-likeness (QED) is 0.227. The molecule has 0 bridgehead atoms. The maximum absolute atomic E-state index is 4.65. The van der Waals surface area contributed by atoms with Gasteiger partial charge in [-0.2, -0.15) is 0 Å². The molecule has 2 N–H and O–H groups in total. The standard InChI is InChI=1S/C17H35N7.HI/c1-6-16-22-21-14-24(16)13-11-20-17(18-7-2)19-10-8-9-12-23(5)15(3)4;/h14-15H,6-13H2,1-5H3,(H2,18,19,20);1H. The van der Waals surface area contributed by atoms with Gasteiger partial charge >= 0.3 is 0 Å². The third-order valence-electron chi connectivity index (χ3n) is 4.07. The molecule has 0 spiro atoms. The summed E-state index contributed by atoms with van der Waals surface area (Å²) in [6, 6.07) is 0.609. The SMILES string of the molecule is CCNC(=NCCCCN(C)C(C)C)NCCn1cnnc1CC.I. The van der Waals surface area contributed by atoms with Crippen molar-refractivity contribution in [2.75, 3.05) is 33.2 Å². The Morgan fingerprint density at radius 2 is 2.04 bits per heavy atom. The molecular weight excluding hydrogens is 429 g/mol. The molecule has 8 heteroatoms. The lowest BCUT2D eigenvalue weighted by Gasteiger charge is -2.20. The van der Waals surface area contributed by atoms with Crippen LogP contribution >= 0.6 is 24.0 Å². The molecule has 1 aromatic rings. The minimum Gasteiger partial charge on any atom is -0.357 e.